The number of unbranched alkanes of at least 4 members (excludes halogenated alkanes) is 3. The number of hydrogen-bond acceptors (Lipinski definition) is 3. The predicted octanol–water partition coefficient (Wildman–Crippen LogP) is 7.00. The van der Waals surface area contributed by atoms with Crippen LogP contribution in [0.4, 0.5) is 4.39 Å². The number of aryl methyl sites for hydroxylation is 1. The van der Waals surface area contributed by atoms with Crippen molar-refractivity contribution in [2.75, 3.05) is 7.11 Å². The van der Waals surface area contributed by atoms with Gasteiger partial charge in [0.25, 0.3) is 0 Å². The highest BCUT2D eigenvalue weighted by molar-refractivity contribution is 5.59. The van der Waals surface area contributed by atoms with Crippen LogP contribution >= 0.6 is 0 Å². The topological polar surface area (TPSA) is 35.0 Å². The fourth-order valence-corrected chi connectivity index (χ4v) is 4.52. The standard InChI is InChI=1S/C25H35FN2O/c1-3-4-5-6-7-19-8-10-20(11-9-19)12-13-21-14-15-22(18-23(21)26)24-16-17-25(29-2)28-27-24/h14-20H,3-13H2,1-2H3. The van der Waals surface area contributed by atoms with Crippen LogP contribution in [-0.2, 0) is 6.42 Å². The van der Waals surface area contributed by atoms with Crippen LogP contribution in [0.25, 0.3) is 11.3 Å². The zero-order valence-corrected chi connectivity index (χ0v) is 18.0. The first-order valence-electron chi connectivity index (χ1n) is 11.4. The molecule has 1 fully saturated rings. The number of hydrogen-bond donors (Lipinski definition) is 0. The van der Waals surface area contributed by atoms with E-state index in [0.717, 1.165) is 35.8 Å². The molecule has 0 radical (unpaired) electrons. The minimum Gasteiger partial charge on any atom is -0.480 e. The van der Waals surface area contributed by atoms with Gasteiger partial charge in [0, 0.05) is 11.6 Å². The number of rotatable bonds is 10. The minimum absolute atomic E-state index is 0.135. The van der Waals surface area contributed by atoms with E-state index < -0.39 is 0 Å². The van der Waals surface area contributed by atoms with Gasteiger partial charge >= 0.3 is 0 Å². The molecular formula is C25H35FN2O. The molecule has 1 aliphatic rings. The summed E-state index contributed by atoms with van der Waals surface area (Å²) in [7, 11) is 1.55. The summed E-state index contributed by atoms with van der Waals surface area (Å²) < 4.78 is 19.7. The van der Waals surface area contributed by atoms with Crippen LogP contribution in [-0.4, -0.2) is 17.3 Å². The number of benzene rings is 1. The Labute approximate surface area is 175 Å². The summed E-state index contributed by atoms with van der Waals surface area (Å²) in [5.74, 6) is 2.02. The summed E-state index contributed by atoms with van der Waals surface area (Å²) >= 11 is 0. The van der Waals surface area contributed by atoms with Crippen molar-refractivity contribution < 1.29 is 9.13 Å². The van der Waals surface area contributed by atoms with Crippen molar-refractivity contribution in [3.05, 3.63) is 41.7 Å². The molecule has 158 valence electrons. The lowest BCUT2D eigenvalue weighted by Crippen LogP contribution is -2.15. The highest BCUT2D eigenvalue weighted by Gasteiger charge is 2.21. The number of halogens is 1. The average Bonchev–Trinajstić information content (AvgIpc) is 2.77. The molecule has 0 unspecified atom stereocenters. The second-order valence-electron chi connectivity index (χ2n) is 8.54. The van der Waals surface area contributed by atoms with Crippen molar-refractivity contribution >= 4 is 0 Å². The Bertz CT molecular complexity index is 739. The maximum Gasteiger partial charge on any atom is 0.233 e. The molecule has 0 saturated heterocycles. The first-order valence-corrected chi connectivity index (χ1v) is 11.4. The summed E-state index contributed by atoms with van der Waals surface area (Å²) in [6, 6.07) is 8.99. The minimum atomic E-state index is -0.135. The van der Waals surface area contributed by atoms with E-state index in [-0.39, 0.29) is 5.82 Å². The van der Waals surface area contributed by atoms with E-state index in [0.29, 0.717) is 11.6 Å². The zero-order chi connectivity index (χ0) is 20.5. The Morgan fingerprint density at radius 2 is 1.69 bits per heavy atom. The van der Waals surface area contributed by atoms with Crippen molar-refractivity contribution in [1.29, 1.82) is 0 Å². The van der Waals surface area contributed by atoms with Gasteiger partial charge in [-0.05, 0) is 42.4 Å². The second kappa shape index (κ2) is 11.3. The molecule has 0 bridgehead atoms. The Balaban J connectivity index is 1.45. The van der Waals surface area contributed by atoms with Crippen LogP contribution in [0.5, 0.6) is 5.88 Å². The van der Waals surface area contributed by atoms with Gasteiger partial charge in [-0.25, -0.2) is 4.39 Å². The lowest BCUT2D eigenvalue weighted by molar-refractivity contribution is 0.248. The van der Waals surface area contributed by atoms with Gasteiger partial charge in [0.05, 0.1) is 12.8 Å². The molecule has 1 aliphatic carbocycles. The van der Waals surface area contributed by atoms with Gasteiger partial charge in [-0.2, -0.15) is 0 Å². The van der Waals surface area contributed by atoms with Crippen molar-refractivity contribution in [2.45, 2.75) is 77.6 Å². The molecule has 1 aromatic carbocycles. The Kier molecular flexibility index (Phi) is 8.45. The van der Waals surface area contributed by atoms with Crippen LogP contribution in [0.1, 0.15) is 76.7 Å². The van der Waals surface area contributed by atoms with Crippen LogP contribution in [0.15, 0.2) is 30.3 Å². The van der Waals surface area contributed by atoms with E-state index in [2.05, 4.69) is 17.1 Å². The number of nitrogens with zero attached hydrogens (tertiary/aromatic N) is 2. The molecule has 1 aromatic heterocycles. The van der Waals surface area contributed by atoms with Crippen LogP contribution in [0.3, 0.4) is 0 Å². The lowest BCUT2D eigenvalue weighted by Gasteiger charge is -2.28. The molecule has 0 atom stereocenters. The van der Waals surface area contributed by atoms with E-state index in [9.17, 15) is 4.39 Å². The number of ether oxygens (including phenoxy) is 1. The van der Waals surface area contributed by atoms with Crippen molar-refractivity contribution in [2.24, 2.45) is 11.8 Å². The van der Waals surface area contributed by atoms with Gasteiger partial charge < -0.3 is 4.74 Å². The van der Waals surface area contributed by atoms with Crippen molar-refractivity contribution in [3.63, 3.8) is 0 Å². The van der Waals surface area contributed by atoms with E-state index in [1.165, 1.54) is 57.8 Å². The highest BCUT2D eigenvalue weighted by atomic mass is 19.1. The molecule has 2 aromatic rings. The molecule has 0 N–H and O–H groups in total. The fourth-order valence-electron chi connectivity index (χ4n) is 4.52. The monoisotopic (exact) mass is 398 g/mol. The smallest absolute Gasteiger partial charge is 0.233 e. The van der Waals surface area contributed by atoms with Crippen molar-refractivity contribution in [3.8, 4) is 17.1 Å². The zero-order valence-electron chi connectivity index (χ0n) is 18.0. The van der Waals surface area contributed by atoms with E-state index in [1.807, 2.05) is 12.1 Å². The molecule has 4 heteroatoms. The second-order valence-corrected chi connectivity index (χ2v) is 8.54. The predicted molar refractivity (Wildman–Crippen MR) is 117 cm³/mol. The maximum atomic E-state index is 14.6. The average molecular weight is 399 g/mol. The molecule has 0 amide bonds. The Morgan fingerprint density at radius 3 is 2.31 bits per heavy atom. The van der Waals surface area contributed by atoms with Crippen LogP contribution in [0, 0.1) is 17.7 Å². The van der Waals surface area contributed by atoms with E-state index >= 15 is 0 Å². The summed E-state index contributed by atoms with van der Waals surface area (Å²) in [5, 5.41) is 8.07. The van der Waals surface area contributed by atoms with Gasteiger partial charge in [-0.3, -0.25) is 0 Å². The largest absolute Gasteiger partial charge is 0.480 e. The molecule has 1 saturated carbocycles. The Hall–Kier alpha value is -1.97. The summed E-state index contributed by atoms with van der Waals surface area (Å²) in [6.07, 6.45) is 14.2. The molecule has 3 rings (SSSR count). The van der Waals surface area contributed by atoms with Gasteiger partial charge in [-0.1, -0.05) is 76.8 Å². The highest BCUT2D eigenvalue weighted by Crippen LogP contribution is 2.34. The third-order valence-electron chi connectivity index (χ3n) is 6.45. The number of aromatic nitrogens is 2. The number of methoxy groups -OCH3 is 1. The van der Waals surface area contributed by atoms with Gasteiger partial charge in [0.15, 0.2) is 0 Å². The molecule has 1 heterocycles. The maximum absolute atomic E-state index is 14.6. The first kappa shape index (κ1) is 21.7. The summed E-state index contributed by atoms with van der Waals surface area (Å²) in [4.78, 5) is 0. The van der Waals surface area contributed by atoms with Gasteiger partial charge in [0.1, 0.15) is 5.82 Å². The van der Waals surface area contributed by atoms with Gasteiger partial charge in [-0.15, -0.1) is 10.2 Å². The molecular weight excluding hydrogens is 363 g/mol. The molecule has 29 heavy (non-hydrogen) atoms. The fraction of sp³-hybridized carbons (Fsp3) is 0.600. The van der Waals surface area contributed by atoms with E-state index in [4.69, 9.17) is 4.74 Å². The molecule has 0 aliphatic heterocycles. The Morgan fingerprint density at radius 1 is 0.931 bits per heavy atom. The van der Waals surface area contributed by atoms with Crippen molar-refractivity contribution in [1.82, 2.24) is 10.2 Å². The van der Waals surface area contributed by atoms with Crippen LogP contribution < -0.4 is 4.74 Å². The van der Waals surface area contributed by atoms with Gasteiger partial charge in [0.2, 0.25) is 5.88 Å². The SMILES string of the molecule is CCCCCCC1CCC(CCc2ccc(-c3ccc(OC)nn3)cc2F)CC1. The third kappa shape index (κ3) is 6.52. The lowest BCUT2D eigenvalue weighted by atomic mass is 9.77. The van der Waals surface area contributed by atoms with E-state index in [1.54, 1.807) is 25.3 Å². The summed E-state index contributed by atoms with van der Waals surface area (Å²) in [6.45, 7) is 2.27. The summed E-state index contributed by atoms with van der Waals surface area (Å²) in [5.41, 5.74) is 2.23. The normalized spacial score (nSPS) is 19.3. The quantitative estimate of drug-likeness (QED) is 0.404. The third-order valence-corrected chi connectivity index (χ3v) is 6.45. The molecule has 0 spiro atoms. The van der Waals surface area contributed by atoms with Crippen LogP contribution in [0.2, 0.25) is 0 Å². The first-order chi connectivity index (χ1) is 14.2. The molecule has 3 nitrogen and oxygen atoms in total.